The number of methoxy groups -OCH3 is 2. The minimum absolute atomic E-state index is 0. The number of hydrogen-bond acceptors (Lipinski definition) is 4. The summed E-state index contributed by atoms with van der Waals surface area (Å²) in [7, 11) is 3.40. The first-order chi connectivity index (χ1) is 12.2. The third-order valence-corrected chi connectivity index (χ3v) is 4.37. The van der Waals surface area contributed by atoms with Gasteiger partial charge in [0.15, 0.2) is 5.96 Å². The Labute approximate surface area is 178 Å². The second kappa shape index (κ2) is 12.5. The predicted molar refractivity (Wildman–Crippen MR) is 120 cm³/mol. The maximum atomic E-state index is 6.16. The zero-order valence-electron chi connectivity index (χ0n) is 15.8. The Bertz CT molecular complexity index is 574. The molecule has 0 saturated carbocycles. The Hall–Kier alpha value is -0.930. The SMILES string of the molecule is CCNC(=NCCCOC)NC1CCN(c2cc(Cl)ccc2OC)C1.I. The van der Waals surface area contributed by atoms with Gasteiger partial charge in [0.1, 0.15) is 5.75 Å². The first-order valence-corrected chi connectivity index (χ1v) is 9.18. The minimum Gasteiger partial charge on any atom is -0.495 e. The molecule has 2 N–H and O–H groups in total. The fourth-order valence-electron chi connectivity index (χ4n) is 2.92. The fourth-order valence-corrected chi connectivity index (χ4v) is 3.09. The van der Waals surface area contributed by atoms with Crippen LogP contribution in [0.4, 0.5) is 5.69 Å². The molecule has 8 heteroatoms. The molecule has 0 radical (unpaired) electrons. The number of anilines is 1. The van der Waals surface area contributed by atoms with E-state index in [9.17, 15) is 0 Å². The van der Waals surface area contributed by atoms with Gasteiger partial charge in [0.25, 0.3) is 0 Å². The molecule has 0 aromatic heterocycles. The van der Waals surface area contributed by atoms with Gasteiger partial charge >= 0.3 is 0 Å². The van der Waals surface area contributed by atoms with Crippen molar-refractivity contribution in [3.63, 3.8) is 0 Å². The van der Waals surface area contributed by atoms with Crippen LogP contribution in [0.25, 0.3) is 0 Å². The molecule has 0 bridgehead atoms. The molecule has 26 heavy (non-hydrogen) atoms. The van der Waals surface area contributed by atoms with Crippen molar-refractivity contribution >= 4 is 47.2 Å². The number of ether oxygens (including phenoxy) is 2. The van der Waals surface area contributed by atoms with Crippen LogP contribution in [0.5, 0.6) is 5.75 Å². The fraction of sp³-hybridized carbons (Fsp3) is 0.611. The molecule has 1 atom stereocenters. The van der Waals surface area contributed by atoms with Gasteiger partial charge in [0, 0.05) is 51.0 Å². The van der Waals surface area contributed by atoms with Crippen LogP contribution in [0.3, 0.4) is 0 Å². The van der Waals surface area contributed by atoms with Gasteiger partial charge in [-0.3, -0.25) is 4.99 Å². The zero-order chi connectivity index (χ0) is 18.1. The summed E-state index contributed by atoms with van der Waals surface area (Å²) in [4.78, 5) is 6.91. The molecular weight excluding hydrogens is 467 g/mol. The smallest absolute Gasteiger partial charge is 0.191 e. The summed E-state index contributed by atoms with van der Waals surface area (Å²) >= 11 is 6.16. The molecule has 1 aliphatic heterocycles. The van der Waals surface area contributed by atoms with Crippen molar-refractivity contribution in [3.8, 4) is 5.75 Å². The van der Waals surface area contributed by atoms with Gasteiger partial charge < -0.3 is 25.0 Å². The molecule has 2 rings (SSSR count). The standard InChI is InChI=1S/C18H29ClN4O2.HI/c1-4-20-18(21-9-5-11-24-2)22-15-8-10-23(13-15)16-12-14(19)6-7-17(16)25-3;/h6-7,12,15H,4-5,8-11,13H2,1-3H3,(H2,20,21,22);1H. The Kier molecular flexibility index (Phi) is 11.1. The Morgan fingerprint density at radius 2 is 2.19 bits per heavy atom. The number of benzene rings is 1. The van der Waals surface area contributed by atoms with Gasteiger partial charge in [-0.2, -0.15) is 0 Å². The van der Waals surface area contributed by atoms with E-state index in [-0.39, 0.29) is 24.0 Å². The summed E-state index contributed by atoms with van der Waals surface area (Å²) in [5.74, 6) is 1.72. The highest BCUT2D eigenvalue weighted by Gasteiger charge is 2.25. The van der Waals surface area contributed by atoms with Gasteiger partial charge in [-0.15, -0.1) is 24.0 Å². The topological polar surface area (TPSA) is 58.1 Å². The summed E-state index contributed by atoms with van der Waals surface area (Å²) in [6.45, 7) is 6.24. The quantitative estimate of drug-likeness (QED) is 0.251. The molecule has 6 nitrogen and oxygen atoms in total. The lowest BCUT2D eigenvalue weighted by Gasteiger charge is -2.22. The molecule has 0 aliphatic carbocycles. The van der Waals surface area contributed by atoms with Crippen molar-refractivity contribution < 1.29 is 9.47 Å². The predicted octanol–water partition coefficient (Wildman–Crippen LogP) is 3.14. The summed E-state index contributed by atoms with van der Waals surface area (Å²) < 4.78 is 10.5. The maximum Gasteiger partial charge on any atom is 0.191 e. The summed E-state index contributed by atoms with van der Waals surface area (Å²) in [6, 6.07) is 6.07. The first-order valence-electron chi connectivity index (χ1n) is 8.80. The third kappa shape index (κ3) is 7.00. The monoisotopic (exact) mass is 496 g/mol. The highest BCUT2D eigenvalue weighted by atomic mass is 127. The summed E-state index contributed by atoms with van der Waals surface area (Å²) in [6.07, 6.45) is 1.96. The van der Waals surface area contributed by atoms with Gasteiger partial charge in [-0.25, -0.2) is 0 Å². The van der Waals surface area contributed by atoms with E-state index in [0.717, 1.165) is 68.0 Å². The van der Waals surface area contributed by atoms with E-state index in [1.54, 1.807) is 14.2 Å². The van der Waals surface area contributed by atoms with Gasteiger partial charge in [0.05, 0.1) is 12.8 Å². The molecule has 0 spiro atoms. The van der Waals surface area contributed by atoms with E-state index in [0.29, 0.717) is 6.04 Å². The third-order valence-electron chi connectivity index (χ3n) is 4.13. The minimum atomic E-state index is 0. The molecule has 148 valence electrons. The Morgan fingerprint density at radius 3 is 2.88 bits per heavy atom. The highest BCUT2D eigenvalue weighted by Crippen LogP contribution is 2.33. The number of nitrogens with zero attached hydrogens (tertiary/aromatic N) is 2. The molecule has 1 saturated heterocycles. The summed E-state index contributed by atoms with van der Waals surface area (Å²) in [5, 5.41) is 7.56. The number of rotatable bonds is 8. The average Bonchev–Trinajstić information content (AvgIpc) is 3.07. The molecule has 1 unspecified atom stereocenters. The van der Waals surface area contributed by atoms with Crippen LogP contribution in [0.15, 0.2) is 23.2 Å². The van der Waals surface area contributed by atoms with Crippen molar-refractivity contribution in [2.45, 2.75) is 25.8 Å². The first kappa shape index (κ1) is 23.1. The van der Waals surface area contributed by atoms with E-state index in [1.165, 1.54) is 0 Å². The van der Waals surface area contributed by atoms with Crippen molar-refractivity contribution in [1.82, 2.24) is 10.6 Å². The van der Waals surface area contributed by atoms with Crippen molar-refractivity contribution in [2.24, 2.45) is 4.99 Å². The van der Waals surface area contributed by atoms with Gasteiger partial charge in [-0.1, -0.05) is 11.6 Å². The van der Waals surface area contributed by atoms with Gasteiger partial charge in [0.2, 0.25) is 0 Å². The molecule has 0 amide bonds. The second-order valence-electron chi connectivity index (χ2n) is 6.00. The molecule has 1 fully saturated rings. The number of halogens is 2. The van der Waals surface area contributed by atoms with E-state index >= 15 is 0 Å². The molecule has 1 aromatic carbocycles. The van der Waals surface area contributed by atoms with E-state index in [4.69, 9.17) is 21.1 Å². The highest BCUT2D eigenvalue weighted by molar-refractivity contribution is 14.0. The van der Waals surface area contributed by atoms with E-state index in [1.807, 2.05) is 18.2 Å². The molecule has 1 heterocycles. The van der Waals surface area contributed by atoms with Crippen LogP contribution in [-0.4, -0.2) is 59.0 Å². The van der Waals surface area contributed by atoms with Crippen LogP contribution < -0.4 is 20.3 Å². The van der Waals surface area contributed by atoms with E-state index < -0.39 is 0 Å². The van der Waals surface area contributed by atoms with Crippen LogP contribution in [0.2, 0.25) is 5.02 Å². The number of aliphatic imine (C=N–C) groups is 1. The normalized spacial score (nSPS) is 17.0. The van der Waals surface area contributed by atoms with Crippen LogP contribution in [-0.2, 0) is 4.74 Å². The van der Waals surface area contributed by atoms with Crippen molar-refractivity contribution in [1.29, 1.82) is 0 Å². The molecule has 1 aliphatic rings. The largest absolute Gasteiger partial charge is 0.495 e. The number of hydrogen-bond donors (Lipinski definition) is 2. The Morgan fingerprint density at radius 1 is 1.38 bits per heavy atom. The molecular formula is C18H30ClIN4O2. The Balaban J connectivity index is 0.00000338. The zero-order valence-corrected chi connectivity index (χ0v) is 18.8. The van der Waals surface area contributed by atoms with Gasteiger partial charge in [-0.05, 0) is 38.0 Å². The number of guanidine groups is 1. The lowest BCUT2D eigenvalue weighted by atomic mass is 10.2. The van der Waals surface area contributed by atoms with Crippen molar-refractivity contribution in [3.05, 3.63) is 23.2 Å². The molecule has 1 aromatic rings. The van der Waals surface area contributed by atoms with Crippen molar-refractivity contribution in [2.75, 3.05) is 51.9 Å². The number of nitrogens with one attached hydrogen (secondary N) is 2. The van der Waals surface area contributed by atoms with Crippen LogP contribution >= 0.6 is 35.6 Å². The lowest BCUT2D eigenvalue weighted by molar-refractivity contribution is 0.197. The van der Waals surface area contributed by atoms with E-state index in [2.05, 4.69) is 27.4 Å². The maximum absolute atomic E-state index is 6.16. The lowest BCUT2D eigenvalue weighted by Crippen LogP contribution is -2.44. The second-order valence-corrected chi connectivity index (χ2v) is 6.44. The summed E-state index contributed by atoms with van der Waals surface area (Å²) in [5.41, 5.74) is 1.04. The average molecular weight is 497 g/mol. The van der Waals surface area contributed by atoms with Crippen LogP contribution in [0.1, 0.15) is 19.8 Å². The van der Waals surface area contributed by atoms with Crippen LogP contribution in [0, 0.1) is 0 Å².